The maximum Gasteiger partial charge on any atom is 0.264 e. The summed E-state index contributed by atoms with van der Waals surface area (Å²) in [5.74, 6) is 0. The van der Waals surface area contributed by atoms with Gasteiger partial charge in [0.15, 0.2) is 0 Å². The lowest BCUT2D eigenvalue weighted by atomic mass is 10.3. The van der Waals surface area contributed by atoms with Crippen LogP contribution in [0.2, 0.25) is 0 Å². The smallest absolute Gasteiger partial charge is 0.264 e. The highest BCUT2D eigenvalue weighted by molar-refractivity contribution is 9.10. The molecule has 0 saturated carbocycles. The quantitative estimate of drug-likeness (QED) is 0.751. The molecular weight excluding hydrogens is 226 g/mol. The molecular formula is C7H4BrNOS. The van der Waals surface area contributed by atoms with Gasteiger partial charge in [-0.25, -0.2) is 4.98 Å². The lowest BCUT2D eigenvalue weighted by molar-refractivity contribution is 0.529. The molecule has 2 aromatic heterocycles. The van der Waals surface area contributed by atoms with E-state index in [0.29, 0.717) is 4.80 Å². The van der Waals surface area contributed by atoms with Gasteiger partial charge in [-0.1, -0.05) is 0 Å². The van der Waals surface area contributed by atoms with Gasteiger partial charge in [-0.3, -0.25) is 0 Å². The second-order valence-corrected chi connectivity index (χ2v) is 3.46. The average molecular weight is 230 g/mol. The van der Waals surface area contributed by atoms with Crippen molar-refractivity contribution in [3.63, 3.8) is 0 Å². The van der Waals surface area contributed by atoms with E-state index in [-0.39, 0.29) is 0 Å². The van der Waals surface area contributed by atoms with Crippen molar-refractivity contribution in [3.05, 3.63) is 27.9 Å². The minimum Gasteiger partial charge on any atom is -0.439 e. The first-order valence-corrected chi connectivity index (χ1v) is 4.73. The number of nitrogens with zero attached hydrogens (tertiary/aromatic N) is 1. The Morgan fingerprint density at radius 2 is 2.45 bits per heavy atom. The predicted molar refractivity (Wildman–Crippen MR) is 47.5 cm³/mol. The molecule has 2 nitrogen and oxygen atoms in total. The summed E-state index contributed by atoms with van der Waals surface area (Å²) < 4.78 is 5.00. The predicted octanol–water partition coefficient (Wildman–Crippen LogP) is 3.17. The molecule has 0 unspecified atom stereocenters. The Labute approximate surface area is 76.0 Å². The molecule has 2 aromatic rings. The maximum absolute atomic E-state index is 5.00. The molecule has 0 aliphatic heterocycles. The highest BCUT2D eigenvalue weighted by Gasteiger charge is 2.02. The van der Waals surface area contributed by atoms with E-state index in [1.54, 1.807) is 17.6 Å². The van der Waals surface area contributed by atoms with Crippen LogP contribution in [0.5, 0.6) is 0 Å². The Morgan fingerprint density at radius 3 is 3.00 bits per heavy atom. The molecule has 0 bridgehead atoms. The summed E-state index contributed by atoms with van der Waals surface area (Å²) in [4.78, 5) is 4.64. The zero-order valence-corrected chi connectivity index (χ0v) is 7.85. The standard InChI is InChI=1S/C7H4BrNOS/c8-7-9-6(3-10-7)5-1-2-11-4-5/h1-4H. The monoisotopic (exact) mass is 229 g/mol. The van der Waals surface area contributed by atoms with Gasteiger partial charge >= 0.3 is 0 Å². The fraction of sp³-hybridized carbons (Fsp3) is 0. The summed E-state index contributed by atoms with van der Waals surface area (Å²) in [6, 6.07) is 2.01. The molecule has 0 atom stereocenters. The lowest BCUT2D eigenvalue weighted by Gasteiger charge is -1.82. The number of aromatic nitrogens is 1. The van der Waals surface area contributed by atoms with E-state index in [4.69, 9.17) is 4.42 Å². The summed E-state index contributed by atoms with van der Waals surface area (Å²) in [6.45, 7) is 0. The van der Waals surface area contributed by atoms with Gasteiger partial charge < -0.3 is 4.42 Å². The fourth-order valence-corrected chi connectivity index (χ4v) is 1.73. The van der Waals surface area contributed by atoms with Crippen molar-refractivity contribution in [2.45, 2.75) is 0 Å². The third-order valence-corrected chi connectivity index (χ3v) is 2.34. The van der Waals surface area contributed by atoms with Crippen LogP contribution in [0.4, 0.5) is 0 Å². The molecule has 0 amide bonds. The van der Waals surface area contributed by atoms with Crippen LogP contribution in [0.25, 0.3) is 11.3 Å². The molecule has 2 heterocycles. The molecule has 0 saturated heterocycles. The van der Waals surface area contributed by atoms with Crippen LogP contribution in [0, 0.1) is 0 Å². The Kier molecular flexibility index (Phi) is 1.79. The zero-order valence-electron chi connectivity index (χ0n) is 5.45. The highest BCUT2D eigenvalue weighted by Crippen LogP contribution is 2.22. The van der Waals surface area contributed by atoms with Crippen molar-refractivity contribution in [1.82, 2.24) is 4.98 Å². The van der Waals surface area contributed by atoms with Crippen molar-refractivity contribution in [3.8, 4) is 11.3 Å². The average Bonchev–Trinajstić information content (AvgIpc) is 2.55. The van der Waals surface area contributed by atoms with E-state index in [1.807, 2.05) is 16.8 Å². The number of oxazole rings is 1. The van der Waals surface area contributed by atoms with Crippen LogP contribution in [-0.4, -0.2) is 4.98 Å². The van der Waals surface area contributed by atoms with Gasteiger partial charge in [-0.05, 0) is 11.4 Å². The van der Waals surface area contributed by atoms with E-state index in [0.717, 1.165) is 11.3 Å². The minimum absolute atomic E-state index is 0.527. The van der Waals surface area contributed by atoms with E-state index in [9.17, 15) is 0 Å². The van der Waals surface area contributed by atoms with Crippen LogP contribution in [0.3, 0.4) is 0 Å². The zero-order chi connectivity index (χ0) is 7.68. The topological polar surface area (TPSA) is 26.0 Å². The Balaban J connectivity index is 2.45. The van der Waals surface area contributed by atoms with Crippen LogP contribution in [0.1, 0.15) is 0 Å². The Morgan fingerprint density at radius 1 is 1.55 bits per heavy atom. The summed E-state index contributed by atoms with van der Waals surface area (Å²) in [5, 5.41) is 4.04. The van der Waals surface area contributed by atoms with Crippen LogP contribution < -0.4 is 0 Å². The highest BCUT2D eigenvalue weighted by atomic mass is 79.9. The van der Waals surface area contributed by atoms with Crippen molar-refractivity contribution in [1.29, 1.82) is 0 Å². The van der Waals surface area contributed by atoms with Gasteiger partial charge in [0, 0.05) is 26.9 Å². The third kappa shape index (κ3) is 1.36. The van der Waals surface area contributed by atoms with E-state index in [1.165, 1.54) is 0 Å². The van der Waals surface area contributed by atoms with Gasteiger partial charge in [-0.2, -0.15) is 11.3 Å². The number of halogens is 1. The van der Waals surface area contributed by atoms with Crippen LogP contribution in [-0.2, 0) is 0 Å². The summed E-state index contributed by atoms with van der Waals surface area (Å²) in [7, 11) is 0. The van der Waals surface area contributed by atoms with Gasteiger partial charge in [0.1, 0.15) is 12.0 Å². The van der Waals surface area contributed by atoms with E-state index < -0.39 is 0 Å². The maximum atomic E-state index is 5.00. The third-order valence-electron chi connectivity index (χ3n) is 1.29. The molecule has 0 N–H and O–H groups in total. The number of hydrogen-bond donors (Lipinski definition) is 0. The molecule has 0 spiro atoms. The second kappa shape index (κ2) is 2.79. The van der Waals surface area contributed by atoms with Crippen molar-refractivity contribution in [2.24, 2.45) is 0 Å². The van der Waals surface area contributed by atoms with Gasteiger partial charge in [0.2, 0.25) is 0 Å². The van der Waals surface area contributed by atoms with Crippen molar-refractivity contribution in [2.75, 3.05) is 0 Å². The molecule has 11 heavy (non-hydrogen) atoms. The first-order valence-electron chi connectivity index (χ1n) is 3.00. The van der Waals surface area contributed by atoms with Gasteiger partial charge in [-0.15, -0.1) is 0 Å². The largest absolute Gasteiger partial charge is 0.439 e. The van der Waals surface area contributed by atoms with E-state index in [2.05, 4.69) is 20.9 Å². The molecule has 56 valence electrons. The number of thiophene rings is 1. The van der Waals surface area contributed by atoms with E-state index >= 15 is 0 Å². The molecule has 0 fully saturated rings. The van der Waals surface area contributed by atoms with Crippen LogP contribution in [0.15, 0.2) is 32.3 Å². The van der Waals surface area contributed by atoms with Crippen molar-refractivity contribution < 1.29 is 4.42 Å². The normalized spacial score (nSPS) is 10.3. The molecule has 0 aliphatic rings. The lowest BCUT2D eigenvalue weighted by Crippen LogP contribution is -1.69. The Hall–Kier alpha value is -0.610. The molecule has 4 heteroatoms. The van der Waals surface area contributed by atoms with Gasteiger partial charge in [0.25, 0.3) is 4.80 Å². The minimum atomic E-state index is 0.527. The molecule has 0 radical (unpaired) electrons. The first kappa shape index (κ1) is 7.06. The summed E-state index contributed by atoms with van der Waals surface area (Å²) >= 11 is 4.79. The van der Waals surface area contributed by atoms with Crippen LogP contribution >= 0.6 is 27.3 Å². The molecule has 0 aromatic carbocycles. The SMILES string of the molecule is Brc1nc(-c2ccsc2)co1. The first-order chi connectivity index (χ1) is 5.36. The fourth-order valence-electron chi connectivity index (χ4n) is 0.795. The van der Waals surface area contributed by atoms with Crippen molar-refractivity contribution >= 4 is 27.3 Å². The number of rotatable bonds is 1. The molecule has 2 rings (SSSR count). The summed E-state index contributed by atoms with van der Waals surface area (Å²) in [6.07, 6.45) is 1.63. The molecule has 0 aliphatic carbocycles. The number of hydrogen-bond acceptors (Lipinski definition) is 3. The summed E-state index contributed by atoms with van der Waals surface area (Å²) in [5.41, 5.74) is 1.97. The second-order valence-electron chi connectivity index (χ2n) is 2.00. The Bertz CT molecular complexity index is 341. The van der Waals surface area contributed by atoms with Gasteiger partial charge in [0.05, 0.1) is 0 Å².